The third-order valence-corrected chi connectivity index (χ3v) is 7.50. The monoisotopic (exact) mass is 394 g/mol. The molecule has 1 atom stereocenters. The summed E-state index contributed by atoms with van der Waals surface area (Å²) in [4.78, 5) is 19.3. The highest BCUT2D eigenvalue weighted by molar-refractivity contribution is 7.89. The Morgan fingerprint density at radius 1 is 1.30 bits per heavy atom. The van der Waals surface area contributed by atoms with Gasteiger partial charge in [-0.2, -0.15) is 0 Å². The summed E-state index contributed by atoms with van der Waals surface area (Å²) in [5, 5.41) is 3.36. The molecular formula is C19H30N4O3S. The Bertz CT molecular complexity index is 718. The minimum absolute atomic E-state index is 0.00809. The number of carbonyl (C=O) groups excluding carboxylic acids is 1. The predicted molar refractivity (Wildman–Crippen MR) is 105 cm³/mol. The molecule has 150 valence electrons. The fourth-order valence-electron chi connectivity index (χ4n) is 3.91. The summed E-state index contributed by atoms with van der Waals surface area (Å²) in [5.74, 6) is 0.263. The van der Waals surface area contributed by atoms with Gasteiger partial charge in [-0.3, -0.25) is 9.78 Å². The van der Waals surface area contributed by atoms with E-state index in [9.17, 15) is 13.2 Å². The number of piperidine rings is 1. The zero-order valence-electron chi connectivity index (χ0n) is 16.0. The Balaban J connectivity index is 1.63. The van der Waals surface area contributed by atoms with Gasteiger partial charge in [0.15, 0.2) is 0 Å². The molecule has 1 N–H and O–H groups in total. The van der Waals surface area contributed by atoms with Crippen LogP contribution in [-0.4, -0.2) is 67.0 Å². The van der Waals surface area contributed by atoms with Crippen LogP contribution in [0.3, 0.4) is 0 Å². The topological polar surface area (TPSA) is 82.6 Å². The highest BCUT2D eigenvalue weighted by atomic mass is 32.2. The zero-order chi connectivity index (χ0) is 19.3. The molecule has 0 spiro atoms. The summed E-state index contributed by atoms with van der Waals surface area (Å²) in [6.45, 7) is 5.08. The fraction of sp³-hybridized carbons (Fsp3) is 0.684. The molecule has 2 aliphatic rings. The number of nitrogens with one attached hydrogen (secondary N) is 1. The van der Waals surface area contributed by atoms with E-state index in [0.29, 0.717) is 38.9 Å². The van der Waals surface area contributed by atoms with E-state index in [-0.39, 0.29) is 23.6 Å². The molecule has 1 aromatic heterocycles. The lowest BCUT2D eigenvalue weighted by Gasteiger charge is -2.40. The molecule has 1 unspecified atom stereocenters. The van der Waals surface area contributed by atoms with Crippen LogP contribution in [0, 0.1) is 5.92 Å². The second kappa shape index (κ2) is 9.12. The van der Waals surface area contributed by atoms with E-state index >= 15 is 0 Å². The number of amides is 1. The Morgan fingerprint density at radius 3 is 2.74 bits per heavy atom. The molecular weight excluding hydrogens is 364 g/mol. The lowest BCUT2D eigenvalue weighted by molar-refractivity contribution is -0.140. The lowest BCUT2D eigenvalue weighted by atomic mass is 9.94. The quantitative estimate of drug-likeness (QED) is 0.789. The first-order valence-corrected chi connectivity index (χ1v) is 11.5. The molecule has 0 aromatic carbocycles. The molecule has 1 aromatic rings. The number of hydrogen-bond acceptors (Lipinski definition) is 5. The van der Waals surface area contributed by atoms with E-state index in [1.807, 2.05) is 30.2 Å². The molecule has 3 rings (SSSR count). The van der Waals surface area contributed by atoms with E-state index in [1.54, 1.807) is 10.5 Å². The Kier molecular flexibility index (Phi) is 6.83. The number of pyridine rings is 1. The summed E-state index contributed by atoms with van der Waals surface area (Å²) in [7, 11) is -3.18. The lowest BCUT2D eigenvalue weighted by Crippen LogP contribution is -2.52. The predicted octanol–water partition coefficient (Wildman–Crippen LogP) is 1.40. The van der Waals surface area contributed by atoms with Crippen molar-refractivity contribution in [3.05, 3.63) is 30.1 Å². The Hall–Kier alpha value is -1.51. The van der Waals surface area contributed by atoms with Crippen molar-refractivity contribution in [3.8, 4) is 0 Å². The van der Waals surface area contributed by atoms with Crippen LogP contribution in [0.2, 0.25) is 0 Å². The van der Waals surface area contributed by atoms with Crippen LogP contribution < -0.4 is 5.32 Å². The normalized spacial score (nSPS) is 22.7. The van der Waals surface area contributed by atoms with Gasteiger partial charge < -0.3 is 10.2 Å². The molecule has 2 saturated heterocycles. The standard InChI is InChI=1S/C19H30N4O3S/c1-2-3-13-27(25,26)22-10-6-16(7-11-22)19(24)23-12-9-21-15-18(23)17-5-4-8-20-14-17/h4-5,8,14,16,18,21H,2-3,6-7,9-13,15H2,1H3. The SMILES string of the molecule is CCCCS(=O)(=O)N1CCC(C(=O)N2CCNCC2c2cccnc2)CC1. The van der Waals surface area contributed by atoms with Crippen molar-refractivity contribution < 1.29 is 13.2 Å². The third kappa shape index (κ3) is 4.86. The van der Waals surface area contributed by atoms with Crippen LogP contribution >= 0.6 is 0 Å². The molecule has 2 fully saturated rings. The van der Waals surface area contributed by atoms with Crippen LogP contribution in [0.1, 0.15) is 44.2 Å². The molecule has 2 aliphatic heterocycles. The maximum atomic E-state index is 13.2. The molecule has 0 aliphatic carbocycles. The first-order valence-electron chi connectivity index (χ1n) is 9.92. The van der Waals surface area contributed by atoms with Crippen LogP contribution in [0.15, 0.2) is 24.5 Å². The second-order valence-electron chi connectivity index (χ2n) is 7.38. The molecule has 1 amide bonds. The minimum Gasteiger partial charge on any atom is -0.333 e. The molecule has 0 radical (unpaired) electrons. The average molecular weight is 395 g/mol. The molecule has 0 bridgehead atoms. The van der Waals surface area contributed by atoms with Crippen molar-refractivity contribution in [2.45, 2.75) is 38.6 Å². The number of unbranched alkanes of at least 4 members (excludes halogenated alkanes) is 1. The molecule has 27 heavy (non-hydrogen) atoms. The van der Waals surface area contributed by atoms with Crippen molar-refractivity contribution in [2.24, 2.45) is 5.92 Å². The number of aromatic nitrogens is 1. The first-order chi connectivity index (χ1) is 13.0. The van der Waals surface area contributed by atoms with E-state index < -0.39 is 10.0 Å². The maximum Gasteiger partial charge on any atom is 0.226 e. The van der Waals surface area contributed by atoms with Crippen LogP contribution in [-0.2, 0) is 14.8 Å². The smallest absolute Gasteiger partial charge is 0.226 e. The number of carbonyl (C=O) groups is 1. The van der Waals surface area contributed by atoms with Gasteiger partial charge in [0.25, 0.3) is 0 Å². The van der Waals surface area contributed by atoms with Crippen molar-refractivity contribution in [1.82, 2.24) is 19.5 Å². The second-order valence-corrected chi connectivity index (χ2v) is 9.47. The van der Waals surface area contributed by atoms with Gasteiger partial charge in [0, 0.05) is 51.0 Å². The van der Waals surface area contributed by atoms with Gasteiger partial charge in [0.2, 0.25) is 15.9 Å². The highest BCUT2D eigenvalue weighted by Crippen LogP contribution is 2.28. The van der Waals surface area contributed by atoms with Crippen LogP contribution in [0.25, 0.3) is 0 Å². The Morgan fingerprint density at radius 2 is 2.07 bits per heavy atom. The number of sulfonamides is 1. The summed E-state index contributed by atoms with van der Waals surface area (Å²) in [6.07, 6.45) is 6.32. The van der Waals surface area contributed by atoms with Gasteiger partial charge in [-0.1, -0.05) is 19.4 Å². The van der Waals surface area contributed by atoms with E-state index in [4.69, 9.17) is 0 Å². The van der Waals surface area contributed by atoms with Gasteiger partial charge in [-0.25, -0.2) is 12.7 Å². The van der Waals surface area contributed by atoms with Crippen molar-refractivity contribution >= 4 is 15.9 Å². The van der Waals surface area contributed by atoms with E-state index in [2.05, 4.69) is 10.3 Å². The van der Waals surface area contributed by atoms with Gasteiger partial charge >= 0.3 is 0 Å². The molecule has 0 saturated carbocycles. The summed E-state index contributed by atoms with van der Waals surface area (Å²) >= 11 is 0. The number of piperazine rings is 1. The van der Waals surface area contributed by atoms with Crippen LogP contribution in [0.5, 0.6) is 0 Å². The zero-order valence-corrected chi connectivity index (χ0v) is 16.8. The van der Waals surface area contributed by atoms with Crippen molar-refractivity contribution in [3.63, 3.8) is 0 Å². The van der Waals surface area contributed by atoms with Crippen molar-refractivity contribution in [1.29, 1.82) is 0 Å². The fourth-order valence-corrected chi connectivity index (χ4v) is 5.59. The summed E-state index contributed by atoms with van der Waals surface area (Å²) in [5.41, 5.74) is 1.04. The Labute approximate surface area is 162 Å². The van der Waals surface area contributed by atoms with Gasteiger partial charge in [-0.15, -0.1) is 0 Å². The van der Waals surface area contributed by atoms with Gasteiger partial charge in [0.05, 0.1) is 11.8 Å². The average Bonchev–Trinajstić information content (AvgIpc) is 2.72. The molecule has 8 heteroatoms. The highest BCUT2D eigenvalue weighted by Gasteiger charge is 2.36. The van der Waals surface area contributed by atoms with E-state index in [0.717, 1.165) is 25.1 Å². The summed E-state index contributed by atoms with van der Waals surface area (Å²) in [6, 6.07) is 3.89. The van der Waals surface area contributed by atoms with Gasteiger partial charge in [0.1, 0.15) is 0 Å². The number of hydrogen-bond donors (Lipinski definition) is 1. The number of nitrogens with zero attached hydrogens (tertiary/aromatic N) is 3. The minimum atomic E-state index is -3.18. The third-order valence-electron chi connectivity index (χ3n) is 5.55. The number of rotatable bonds is 6. The van der Waals surface area contributed by atoms with Crippen LogP contribution in [0.4, 0.5) is 0 Å². The first kappa shape index (κ1) is 20.2. The van der Waals surface area contributed by atoms with Crippen molar-refractivity contribution in [2.75, 3.05) is 38.5 Å². The van der Waals surface area contributed by atoms with Gasteiger partial charge in [-0.05, 0) is 30.9 Å². The molecule has 3 heterocycles. The van der Waals surface area contributed by atoms with E-state index in [1.165, 1.54) is 0 Å². The largest absolute Gasteiger partial charge is 0.333 e. The maximum absolute atomic E-state index is 13.2. The summed E-state index contributed by atoms with van der Waals surface area (Å²) < 4.78 is 26.3. The molecule has 7 nitrogen and oxygen atoms in total.